The van der Waals surface area contributed by atoms with Gasteiger partial charge in [0.05, 0.1) is 13.2 Å². The zero-order chi connectivity index (χ0) is 15.6. The molecule has 5 nitrogen and oxygen atoms in total. The van der Waals surface area contributed by atoms with E-state index in [1.165, 1.54) is 13.2 Å². The van der Waals surface area contributed by atoms with Crippen LogP contribution >= 0.6 is 0 Å². The number of Topliss-reactive ketones (excluding diaryl/α,β-unsaturated/α-hetero) is 1. The summed E-state index contributed by atoms with van der Waals surface area (Å²) in [6.07, 6.45) is 1.23. The normalized spacial score (nSPS) is 16.7. The zero-order valence-electron chi connectivity index (χ0n) is 12.6. The van der Waals surface area contributed by atoms with Crippen molar-refractivity contribution in [3.8, 4) is 0 Å². The van der Waals surface area contributed by atoms with Gasteiger partial charge >= 0.3 is 5.97 Å². The monoisotopic (exact) mass is 286 g/mol. The van der Waals surface area contributed by atoms with E-state index in [9.17, 15) is 9.59 Å². The number of carbonyl (C=O) groups is 2. The molecule has 0 fully saturated rings. The summed E-state index contributed by atoms with van der Waals surface area (Å²) in [5.74, 6) is 0.0291. The van der Waals surface area contributed by atoms with Crippen LogP contribution < -0.4 is 4.90 Å². The molecule has 0 atom stereocenters. The van der Waals surface area contributed by atoms with E-state index >= 15 is 0 Å². The highest BCUT2D eigenvalue weighted by Crippen LogP contribution is 2.34. The van der Waals surface area contributed by atoms with Gasteiger partial charge < -0.3 is 9.64 Å². The predicted molar refractivity (Wildman–Crippen MR) is 80.4 cm³/mol. The average molecular weight is 286 g/mol. The van der Waals surface area contributed by atoms with Gasteiger partial charge in [-0.25, -0.2) is 4.79 Å². The van der Waals surface area contributed by atoms with Gasteiger partial charge in [-0.2, -0.15) is 0 Å². The Balaban J connectivity index is 2.60. The van der Waals surface area contributed by atoms with Crippen LogP contribution in [-0.4, -0.2) is 37.9 Å². The van der Waals surface area contributed by atoms with Crippen molar-refractivity contribution < 1.29 is 14.3 Å². The Bertz CT molecular complexity index is 630. The molecule has 2 rings (SSSR count). The molecular weight excluding hydrogens is 268 g/mol. The summed E-state index contributed by atoms with van der Waals surface area (Å²) in [4.78, 5) is 27.6. The maximum absolute atomic E-state index is 12.5. The van der Waals surface area contributed by atoms with E-state index in [4.69, 9.17) is 0 Å². The number of rotatable bonds is 3. The fraction of sp³-hybridized carbons (Fsp3) is 0.250. The first-order valence-electron chi connectivity index (χ1n) is 6.55. The first-order valence-corrected chi connectivity index (χ1v) is 6.55. The highest BCUT2D eigenvalue weighted by molar-refractivity contribution is 6.17. The fourth-order valence-electron chi connectivity index (χ4n) is 2.35. The summed E-state index contributed by atoms with van der Waals surface area (Å²) in [6, 6.07) is 9.45. The van der Waals surface area contributed by atoms with Gasteiger partial charge in [-0.15, -0.1) is 0 Å². The lowest BCUT2D eigenvalue weighted by molar-refractivity contribution is -0.135. The van der Waals surface area contributed by atoms with Crippen LogP contribution in [0.15, 0.2) is 53.5 Å². The molecule has 1 aliphatic heterocycles. The van der Waals surface area contributed by atoms with Gasteiger partial charge in [-0.1, -0.05) is 18.2 Å². The van der Waals surface area contributed by atoms with Crippen LogP contribution in [-0.2, 0) is 14.3 Å². The molecule has 0 saturated heterocycles. The second-order valence-electron chi connectivity index (χ2n) is 4.90. The molecule has 1 aromatic carbocycles. The van der Waals surface area contributed by atoms with E-state index in [1.54, 1.807) is 11.8 Å². The molecule has 0 aliphatic carbocycles. The summed E-state index contributed by atoms with van der Waals surface area (Å²) in [6.45, 7) is 1.76. The summed E-state index contributed by atoms with van der Waals surface area (Å²) in [5, 5.41) is 0. The number of para-hydroxylation sites is 1. The van der Waals surface area contributed by atoms with Crippen molar-refractivity contribution in [1.82, 2.24) is 4.90 Å². The van der Waals surface area contributed by atoms with Crippen molar-refractivity contribution in [2.24, 2.45) is 0 Å². The Hall–Kier alpha value is -2.56. The van der Waals surface area contributed by atoms with E-state index < -0.39 is 5.97 Å². The van der Waals surface area contributed by atoms with Crippen molar-refractivity contribution >= 4 is 17.4 Å². The SMILES string of the molecule is COC(=O)/C=C1/C(=O)C(C)=C(N(C)C)N1c1ccccc1. The predicted octanol–water partition coefficient (Wildman–Crippen LogP) is 1.93. The lowest BCUT2D eigenvalue weighted by atomic mass is 10.2. The summed E-state index contributed by atoms with van der Waals surface area (Å²) < 4.78 is 4.65. The molecule has 0 bridgehead atoms. The molecular formula is C16H18N2O3. The maximum atomic E-state index is 12.5. The van der Waals surface area contributed by atoms with Gasteiger partial charge in [-0.05, 0) is 19.1 Å². The van der Waals surface area contributed by atoms with Gasteiger partial charge in [0.15, 0.2) is 0 Å². The molecule has 0 radical (unpaired) electrons. The minimum absolute atomic E-state index is 0.173. The quantitative estimate of drug-likeness (QED) is 0.627. The maximum Gasteiger partial charge on any atom is 0.332 e. The smallest absolute Gasteiger partial charge is 0.332 e. The van der Waals surface area contributed by atoms with Gasteiger partial charge in [0.25, 0.3) is 0 Å². The highest BCUT2D eigenvalue weighted by Gasteiger charge is 2.35. The topological polar surface area (TPSA) is 49.9 Å². The molecule has 0 saturated carbocycles. The van der Waals surface area contributed by atoms with E-state index in [0.29, 0.717) is 11.3 Å². The number of benzene rings is 1. The molecule has 0 spiro atoms. The number of ketones is 1. The summed E-state index contributed by atoms with van der Waals surface area (Å²) in [5.41, 5.74) is 1.72. The number of carbonyl (C=O) groups excluding carboxylic acids is 2. The lowest BCUT2D eigenvalue weighted by Crippen LogP contribution is -2.28. The van der Waals surface area contributed by atoms with Crippen LogP contribution in [0, 0.1) is 0 Å². The van der Waals surface area contributed by atoms with Crippen LogP contribution in [0.2, 0.25) is 0 Å². The fourth-order valence-corrected chi connectivity index (χ4v) is 2.35. The molecule has 1 heterocycles. The molecule has 0 amide bonds. The third-order valence-electron chi connectivity index (χ3n) is 3.26. The van der Waals surface area contributed by atoms with Crippen molar-refractivity contribution in [3.63, 3.8) is 0 Å². The van der Waals surface area contributed by atoms with Crippen molar-refractivity contribution in [2.45, 2.75) is 6.92 Å². The van der Waals surface area contributed by atoms with E-state index in [2.05, 4.69) is 4.74 Å². The first kappa shape index (κ1) is 14.8. The Kier molecular flexibility index (Phi) is 4.12. The Morgan fingerprint density at radius 1 is 1.24 bits per heavy atom. The molecule has 0 N–H and O–H groups in total. The van der Waals surface area contributed by atoms with E-state index in [1.807, 2.05) is 49.3 Å². The number of ether oxygens (including phenoxy) is 1. The average Bonchev–Trinajstić information content (AvgIpc) is 2.73. The van der Waals surface area contributed by atoms with Gasteiger partial charge in [0, 0.05) is 25.4 Å². The standard InChI is InChI=1S/C16H18N2O3/c1-11-15(20)13(10-14(19)21-4)18(16(11)17(2)3)12-8-6-5-7-9-12/h5-10H,1-4H3/b13-10-. The number of methoxy groups -OCH3 is 1. The minimum atomic E-state index is -0.549. The van der Waals surface area contributed by atoms with Crippen molar-refractivity contribution in [1.29, 1.82) is 0 Å². The third-order valence-corrected chi connectivity index (χ3v) is 3.26. The van der Waals surface area contributed by atoms with Gasteiger partial charge in [-0.3, -0.25) is 9.69 Å². The highest BCUT2D eigenvalue weighted by atomic mass is 16.5. The third kappa shape index (κ3) is 2.67. The molecule has 0 unspecified atom stereocenters. The molecule has 0 aromatic heterocycles. The second kappa shape index (κ2) is 5.83. The van der Waals surface area contributed by atoms with Crippen LogP contribution in [0.5, 0.6) is 0 Å². The Morgan fingerprint density at radius 3 is 2.38 bits per heavy atom. The Morgan fingerprint density at radius 2 is 1.86 bits per heavy atom. The summed E-state index contributed by atoms with van der Waals surface area (Å²) in [7, 11) is 5.02. The molecule has 110 valence electrons. The minimum Gasteiger partial charge on any atom is -0.466 e. The first-order chi connectivity index (χ1) is 9.97. The van der Waals surface area contributed by atoms with Crippen LogP contribution in [0.4, 0.5) is 5.69 Å². The number of hydrogen-bond acceptors (Lipinski definition) is 5. The summed E-state index contributed by atoms with van der Waals surface area (Å²) >= 11 is 0. The second-order valence-corrected chi connectivity index (χ2v) is 4.90. The largest absolute Gasteiger partial charge is 0.466 e. The zero-order valence-corrected chi connectivity index (χ0v) is 12.6. The molecule has 1 aliphatic rings. The molecule has 5 heteroatoms. The number of esters is 1. The van der Waals surface area contributed by atoms with Gasteiger partial charge in [0.2, 0.25) is 5.78 Å². The molecule has 1 aromatic rings. The van der Waals surface area contributed by atoms with Crippen molar-refractivity contribution in [2.75, 3.05) is 26.1 Å². The van der Waals surface area contributed by atoms with Crippen LogP contribution in [0.25, 0.3) is 0 Å². The van der Waals surface area contributed by atoms with Crippen LogP contribution in [0.3, 0.4) is 0 Å². The Labute approximate surface area is 124 Å². The van der Waals surface area contributed by atoms with Crippen molar-refractivity contribution in [3.05, 3.63) is 53.5 Å². The number of allylic oxidation sites excluding steroid dienone is 1. The van der Waals surface area contributed by atoms with Crippen LogP contribution in [0.1, 0.15) is 6.92 Å². The number of nitrogens with zero attached hydrogens (tertiary/aromatic N) is 2. The lowest BCUT2D eigenvalue weighted by Gasteiger charge is -2.28. The van der Waals surface area contributed by atoms with E-state index in [0.717, 1.165) is 11.5 Å². The molecule has 21 heavy (non-hydrogen) atoms. The van der Waals surface area contributed by atoms with Gasteiger partial charge in [0.1, 0.15) is 11.5 Å². The van der Waals surface area contributed by atoms with E-state index in [-0.39, 0.29) is 5.78 Å². The number of hydrogen-bond donors (Lipinski definition) is 0. The number of anilines is 1.